The fraction of sp³-hybridized carbons (Fsp3) is 0.0769. The van der Waals surface area contributed by atoms with E-state index in [9.17, 15) is 14.4 Å². The highest BCUT2D eigenvalue weighted by Gasteiger charge is 2.10. The lowest BCUT2D eigenvalue weighted by Crippen LogP contribution is -2.46. The highest BCUT2D eigenvalue weighted by atomic mass is 32.1. The van der Waals surface area contributed by atoms with Crippen molar-refractivity contribution in [2.45, 2.75) is 0 Å². The highest BCUT2D eigenvalue weighted by Crippen LogP contribution is 2.07. The summed E-state index contributed by atoms with van der Waals surface area (Å²) in [4.78, 5) is 39.0. The summed E-state index contributed by atoms with van der Waals surface area (Å²) < 4.78 is 0. The molecule has 108 valence electrons. The lowest BCUT2D eigenvalue weighted by Gasteiger charge is -2.07. The minimum atomic E-state index is -0.530. The van der Waals surface area contributed by atoms with E-state index in [1.165, 1.54) is 23.7 Å². The molecule has 3 N–H and O–H groups in total. The number of carbonyl (C=O) groups is 3. The molecule has 0 spiro atoms. The number of amides is 3. The van der Waals surface area contributed by atoms with Crippen molar-refractivity contribution < 1.29 is 14.4 Å². The number of hydrogen-bond acceptors (Lipinski definition) is 5. The molecule has 21 heavy (non-hydrogen) atoms. The third-order valence-corrected chi connectivity index (χ3v) is 3.26. The zero-order chi connectivity index (χ0) is 15.1. The van der Waals surface area contributed by atoms with Gasteiger partial charge in [0.1, 0.15) is 0 Å². The maximum absolute atomic E-state index is 11.6. The number of rotatable bonds is 4. The zero-order valence-electron chi connectivity index (χ0n) is 10.8. The molecule has 2 rings (SSSR count). The Morgan fingerprint density at radius 1 is 1.10 bits per heavy atom. The molecule has 0 bridgehead atoms. The van der Waals surface area contributed by atoms with E-state index in [1.807, 2.05) is 0 Å². The van der Waals surface area contributed by atoms with Crippen LogP contribution in [0.15, 0.2) is 42.0 Å². The fourth-order valence-electron chi connectivity index (χ4n) is 1.40. The van der Waals surface area contributed by atoms with Crippen molar-refractivity contribution in [3.8, 4) is 0 Å². The molecule has 0 saturated carbocycles. The van der Waals surface area contributed by atoms with E-state index in [1.54, 1.807) is 29.6 Å². The first-order chi connectivity index (χ1) is 10.2. The van der Waals surface area contributed by atoms with Crippen LogP contribution in [0.5, 0.6) is 0 Å². The Labute approximate surface area is 124 Å². The van der Waals surface area contributed by atoms with Crippen LogP contribution in [-0.2, 0) is 4.79 Å². The van der Waals surface area contributed by atoms with Gasteiger partial charge in [-0.3, -0.25) is 30.2 Å². The van der Waals surface area contributed by atoms with Crippen molar-refractivity contribution in [2.75, 3.05) is 6.54 Å². The normalized spacial score (nSPS) is 9.71. The van der Waals surface area contributed by atoms with Crippen molar-refractivity contribution >= 4 is 29.1 Å². The van der Waals surface area contributed by atoms with Gasteiger partial charge in [0, 0.05) is 12.4 Å². The first kappa shape index (κ1) is 14.7. The molecule has 8 heteroatoms. The van der Waals surface area contributed by atoms with Crippen LogP contribution >= 0.6 is 11.3 Å². The van der Waals surface area contributed by atoms with Gasteiger partial charge in [0.05, 0.1) is 17.0 Å². The van der Waals surface area contributed by atoms with Gasteiger partial charge in [-0.2, -0.15) is 0 Å². The van der Waals surface area contributed by atoms with E-state index in [2.05, 4.69) is 21.2 Å². The summed E-state index contributed by atoms with van der Waals surface area (Å²) in [6, 6.07) is 6.57. The van der Waals surface area contributed by atoms with Crippen molar-refractivity contribution in [1.29, 1.82) is 0 Å². The van der Waals surface area contributed by atoms with Crippen LogP contribution in [0.4, 0.5) is 0 Å². The van der Waals surface area contributed by atoms with Crippen LogP contribution in [0.25, 0.3) is 0 Å². The molecule has 2 aromatic heterocycles. The van der Waals surface area contributed by atoms with Gasteiger partial charge in [-0.15, -0.1) is 11.3 Å². The number of nitrogens with one attached hydrogen (secondary N) is 3. The largest absolute Gasteiger partial charge is 0.342 e. The Hall–Kier alpha value is -2.74. The monoisotopic (exact) mass is 304 g/mol. The molecular formula is C13H12N4O3S. The summed E-state index contributed by atoms with van der Waals surface area (Å²) in [6.07, 6.45) is 2.91. The van der Waals surface area contributed by atoms with Crippen LogP contribution in [0.1, 0.15) is 20.0 Å². The van der Waals surface area contributed by atoms with E-state index >= 15 is 0 Å². The predicted molar refractivity (Wildman–Crippen MR) is 76.5 cm³/mol. The second-order valence-electron chi connectivity index (χ2n) is 3.90. The number of hydrazine groups is 1. The molecule has 3 amide bonds. The average Bonchev–Trinajstić information content (AvgIpc) is 3.05. The van der Waals surface area contributed by atoms with Gasteiger partial charge >= 0.3 is 0 Å². The number of nitrogens with zero attached hydrogens (tertiary/aromatic N) is 1. The van der Waals surface area contributed by atoms with Gasteiger partial charge in [0.2, 0.25) is 0 Å². The Morgan fingerprint density at radius 2 is 1.95 bits per heavy atom. The molecule has 0 fully saturated rings. The Kier molecular flexibility index (Phi) is 4.99. The second kappa shape index (κ2) is 7.15. The lowest BCUT2D eigenvalue weighted by molar-refractivity contribution is -0.120. The van der Waals surface area contributed by atoms with E-state index in [4.69, 9.17) is 0 Å². The minimum Gasteiger partial charge on any atom is -0.342 e. The number of carbonyl (C=O) groups excluding carboxylic acids is 3. The average molecular weight is 304 g/mol. The topological polar surface area (TPSA) is 100 Å². The third kappa shape index (κ3) is 4.39. The van der Waals surface area contributed by atoms with E-state index in [0.29, 0.717) is 10.4 Å². The van der Waals surface area contributed by atoms with E-state index in [0.717, 1.165) is 0 Å². The Morgan fingerprint density at radius 3 is 2.62 bits per heavy atom. The first-order valence-electron chi connectivity index (χ1n) is 5.98. The van der Waals surface area contributed by atoms with Gasteiger partial charge < -0.3 is 5.32 Å². The fourth-order valence-corrected chi connectivity index (χ4v) is 2.04. The molecule has 0 unspecified atom stereocenters. The standard InChI is InChI=1S/C13H12N4O3S/c18-11(8-15-13(20)10-4-2-6-21-10)16-17-12(19)9-3-1-5-14-7-9/h1-7H,8H2,(H,15,20)(H,16,18)(H,17,19). The van der Waals surface area contributed by atoms with Gasteiger partial charge in [-0.1, -0.05) is 6.07 Å². The molecule has 2 aromatic rings. The molecular weight excluding hydrogens is 292 g/mol. The number of hydrogen-bond donors (Lipinski definition) is 3. The SMILES string of the molecule is O=C(CNC(=O)c1cccs1)NNC(=O)c1cccnc1. The molecule has 0 aromatic carbocycles. The number of thiophene rings is 1. The Bertz CT molecular complexity index is 628. The Balaban J connectivity index is 1.73. The maximum atomic E-state index is 11.6. The molecule has 0 atom stereocenters. The first-order valence-corrected chi connectivity index (χ1v) is 6.85. The summed E-state index contributed by atoms with van der Waals surface area (Å²) in [7, 11) is 0. The summed E-state index contributed by atoms with van der Waals surface area (Å²) in [5.41, 5.74) is 4.75. The summed E-state index contributed by atoms with van der Waals surface area (Å²) >= 11 is 1.28. The number of pyridine rings is 1. The molecule has 0 saturated heterocycles. The molecule has 0 aliphatic rings. The second-order valence-corrected chi connectivity index (χ2v) is 4.85. The van der Waals surface area contributed by atoms with Crippen LogP contribution in [0.3, 0.4) is 0 Å². The minimum absolute atomic E-state index is 0.232. The van der Waals surface area contributed by atoms with E-state index in [-0.39, 0.29) is 12.5 Å². The van der Waals surface area contributed by atoms with Crippen molar-refractivity contribution in [3.63, 3.8) is 0 Å². The van der Waals surface area contributed by atoms with Crippen molar-refractivity contribution in [1.82, 2.24) is 21.2 Å². The van der Waals surface area contributed by atoms with E-state index < -0.39 is 11.8 Å². The van der Waals surface area contributed by atoms with Crippen LogP contribution in [0.2, 0.25) is 0 Å². The summed E-state index contributed by atoms with van der Waals surface area (Å²) in [6.45, 7) is -0.232. The molecule has 0 radical (unpaired) electrons. The molecule has 0 aliphatic carbocycles. The molecule has 0 aliphatic heterocycles. The highest BCUT2D eigenvalue weighted by molar-refractivity contribution is 7.12. The summed E-state index contributed by atoms with van der Waals surface area (Å²) in [5.74, 6) is -1.35. The number of aromatic nitrogens is 1. The van der Waals surface area contributed by atoms with Gasteiger partial charge in [0.15, 0.2) is 0 Å². The summed E-state index contributed by atoms with van der Waals surface area (Å²) in [5, 5.41) is 4.21. The van der Waals surface area contributed by atoms with Gasteiger partial charge in [0.25, 0.3) is 17.7 Å². The maximum Gasteiger partial charge on any atom is 0.271 e. The lowest BCUT2D eigenvalue weighted by atomic mass is 10.3. The predicted octanol–water partition coefficient (Wildman–Crippen LogP) is 0.334. The third-order valence-electron chi connectivity index (χ3n) is 2.39. The van der Waals surface area contributed by atoms with Crippen LogP contribution < -0.4 is 16.2 Å². The van der Waals surface area contributed by atoms with Crippen LogP contribution in [0, 0.1) is 0 Å². The van der Waals surface area contributed by atoms with Gasteiger partial charge in [-0.25, -0.2) is 0 Å². The van der Waals surface area contributed by atoms with Crippen molar-refractivity contribution in [3.05, 3.63) is 52.5 Å². The molecule has 7 nitrogen and oxygen atoms in total. The zero-order valence-corrected chi connectivity index (χ0v) is 11.6. The van der Waals surface area contributed by atoms with Crippen LogP contribution in [-0.4, -0.2) is 29.3 Å². The van der Waals surface area contributed by atoms with Gasteiger partial charge in [-0.05, 0) is 23.6 Å². The molecule has 2 heterocycles. The quantitative estimate of drug-likeness (QED) is 0.709. The van der Waals surface area contributed by atoms with Crippen molar-refractivity contribution in [2.24, 2.45) is 0 Å². The smallest absolute Gasteiger partial charge is 0.271 e.